The SMILES string of the molecule is Cc1cccc(C)c1NC(=O)NC(=N)N(C)CCCOCc1ccccc1. The zero-order chi connectivity index (χ0) is 19.6. The zero-order valence-electron chi connectivity index (χ0n) is 16.2. The van der Waals surface area contributed by atoms with Crippen LogP contribution in [0.25, 0.3) is 0 Å². The van der Waals surface area contributed by atoms with Crippen LogP contribution in [0.15, 0.2) is 48.5 Å². The predicted molar refractivity (Wildman–Crippen MR) is 109 cm³/mol. The number of nitrogens with one attached hydrogen (secondary N) is 3. The maximum absolute atomic E-state index is 12.2. The van der Waals surface area contributed by atoms with Crippen LogP contribution in [-0.4, -0.2) is 37.1 Å². The zero-order valence-corrected chi connectivity index (χ0v) is 16.2. The third-order valence-electron chi connectivity index (χ3n) is 4.23. The lowest BCUT2D eigenvalue weighted by Gasteiger charge is -2.21. The van der Waals surface area contributed by atoms with Gasteiger partial charge in [-0.1, -0.05) is 48.5 Å². The summed E-state index contributed by atoms with van der Waals surface area (Å²) in [6, 6.07) is 15.4. The highest BCUT2D eigenvalue weighted by molar-refractivity contribution is 6.01. The fourth-order valence-corrected chi connectivity index (χ4v) is 2.64. The van der Waals surface area contributed by atoms with Gasteiger partial charge in [0.05, 0.1) is 6.61 Å². The second kappa shape index (κ2) is 10.3. The number of carbonyl (C=O) groups excluding carboxylic acids is 1. The van der Waals surface area contributed by atoms with Gasteiger partial charge in [-0.25, -0.2) is 4.79 Å². The van der Waals surface area contributed by atoms with Crippen molar-refractivity contribution in [1.29, 1.82) is 5.41 Å². The maximum Gasteiger partial charge on any atom is 0.326 e. The third-order valence-corrected chi connectivity index (χ3v) is 4.23. The van der Waals surface area contributed by atoms with Gasteiger partial charge in [-0.05, 0) is 37.0 Å². The number of benzene rings is 2. The van der Waals surface area contributed by atoms with E-state index in [-0.39, 0.29) is 5.96 Å². The Kier molecular flexibility index (Phi) is 7.82. The van der Waals surface area contributed by atoms with Crippen LogP contribution in [0.4, 0.5) is 10.5 Å². The van der Waals surface area contributed by atoms with Gasteiger partial charge in [-0.2, -0.15) is 0 Å². The molecule has 2 amide bonds. The molecule has 0 aromatic heterocycles. The van der Waals surface area contributed by atoms with Crippen molar-refractivity contribution in [2.75, 3.05) is 25.5 Å². The first kappa shape index (κ1) is 20.5. The normalized spacial score (nSPS) is 10.3. The molecular weight excluding hydrogens is 340 g/mol. The summed E-state index contributed by atoms with van der Waals surface area (Å²) in [6.07, 6.45) is 0.770. The van der Waals surface area contributed by atoms with E-state index in [1.807, 2.05) is 62.4 Å². The van der Waals surface area contributed by atoms with Crippen molar-refractivity contribution in [3.05, 3.63) is 65.2 Å². The number of aryl methyl sites for hydroxylation is 2. The highest BCUT2D eigenvalue weighted by Crippen LogP contribution is 2.19. The Bertz CT molecular complexity index is 742. The molecule has 0 fully saturated rings. The number of rotatable bonds is 7. The van der Waals surface area contributed by atoms with E-state index in [2.05, 4.69) is 10.6 Å². The number of hydrogen-bond donors (Lipinski definition) is 3. The fourth-order valence-electron chi connectivity index (χ4n) is 2.64. The predicted octanol–water partition coefficient (Wildman–Crippen LogP) is 3.90. The molecule has 2 aromatic carbocycles. The Morgan fingerprint density at radius 3 is 2.41 bits per heavy atom. The van der Waals surface area contributed by atoms with E-state index in [1.54, 1.807) is 11.9 Å². The number of guanidine groups is 1. The van der Waals surface area contributed by atoms with Crippen LogP contribution in [0.1, 0.15) is 23.1 Å². The second-order valence-corrected chi connectivity index (χ2v) is 6.51. The quantitative estimate of drug-likeness (QED) is 0.394. The molecule has 144 valence electrons. The van der Waals surface area contributed by atoms with Crippen LogP contribution >= 0.6 is 0 Å². The van der Waals surface area contributed by atoms with Crippen LogP contribution in [-0.2, 0) is 11.3 Å². The van der Waals surface area contributed by atoms with E-state index in [4.69, 9.17) is 10.1 Å². The molecule has 0 radical (unpaired) electrons. The first-order chi connectivity index (χ1) is 13.0. The van der Waals surface area contributed by atoms with Crippen molar-refractivity contribution >= 4 is 17.7 Å². The van der Waals surface area contributed by atoms with E-state index in [9.17, 15) is 4.79 Å². The van der Waals surface area contributed by atoms with Gasteiger partial charge in [0, 0.05) is 25.9 Å². The monoisotopic (exact) mass is 368 g/mol. The molecule has 0 bridgehead atoms. The number of anilines is 1. The van der Waals surface area contributed by atoms with Crippen molar-refractivity contribution in [1.82, 2.24) is 10.2 Å². The van der Waals surface area contributed by atoms with Gasteiger partial charge in [0.1, 0.15) is 0 Å². The van der Waals surface area contributed by atoms with Crippen LogP contribution in [0.3, 0.4) is 0 Å². The Morgan fingerprint density at radius 2 is 1.74 bits per heavy atom. The first-order valence-corrected chi connectivity index (χ1v) is 9.03. The second-order valence-electron chi connectivity index (χ2n) is 6.51. The van der Waals surface area contributed by atoms with Crippen LogP contribution < -0.4 is 10.6 Å². The molecule has 0 atom stereocenters. The summed E-state index contributed by atoms with van der Waals surface area (Å²) >= 11 is 0. The fraction of sp³-hybridized carbons (Fsp3) is 0.333. The number of amides is 2. The minimum absolute atomic E-state index is 0.0572. The van der Waals surface area contributed by atoms with E-state index >= 15 is 0 Å². The minimum atomic E-state index is -0.412. The highest BCUT2D eigenvalue weighted by Gasteiger charge is 2.11. The maximum atomic E-state index is 12.2. The molecule has 2 rings (SSSR count). The van der Waals surface area contributed by atoms with Crippen LogP contribution in [0.5, 0.6) is 0 Å². The molecule has 0 aliphatic carbocycles. The van der Waals surface area contributed by atoms with Crippen molar-refractivity contribution in [2.24, 2.45) is 0 Å². The molecule has 2 aromatic rings. The van der Waals surface area contributed by atoms with Crippen molar-refractivity contribution < 1.29 is 9.53 Å². The van der Waals surface area contributed by atoms with E-state index in [0.29, 0.717) is 19.8 Å². The molecule has 6 nitrogen and oxygen atoms in total. The number of ether oxygens (including phenoxy) is 1. The third kappa shape index (κ3) is 6.75. The number of hydrogen-bond acceptors (Lipinski definition) is 3. The molecule has 6 heteroatoms. The molecule has 0 heterocycles. The molecule has 27 heavy (non-hydrogen) atoms. The standard InChI is InChI=1S/C21H28N4O2/c1-16-9-7-10-17(2)19(16)23-21(26)24-20(22)25(3)13-8-14-27-15-18-11-5-4-6-12-18/h4-7,9-12H,8,13-15H2,1-3H3,(H3,22,23,24,26). The number of carbonyl (C=O) groups is 1. The molecule has 3 N–H and O–H groups in total. The van der Waals surface area contributed by atoms with Crippen molar-refractivity contribution in [3.8, 4) is 0 Å². The molecule has 0 aliphatic rings. The summed E-state index contributed by atoms with van der Waals surface area (Å²) in [5.41, 5.74) is 3.89. The smallest absolute Gasteiger partial charge is 0.326 e. The number of nitrogens with zero attached hydrogens (tertiary/aromatic N) is 1. The average Bonchev–Trinajstić information content (AvgIpc) is 2.65. The summed E-state index contributed by atoms with van der Waals surface area (Å²) in [4.78, 5) is 13.8. The Morgan fingerprint density at radius 1 is 1.07 bits per heavy atom. The van der Waals surface area contributed by atoms with Gasteiger partial charge in [0.15, 0.2) is 5.96 Å². The summed E-state index contributed by atoms with van der Waals surface area (Å²) in [6.45, 7) is 5.68. The molecule has 0 unspecified atom stereocenters. The summed E-state index contributed by atoms with van der Waals surface area (Å²) in [5, 5.41) is 13.4. The van der Waals surface area contributed by atoms with Gasteiger partial charge in [0.2, 0.25) is 0 Å². The minimum Gasteiger partial charge on any atom is -0.377 e. The summed E-state index contributed by atoms with van der Waals surface area (Å²) in [7, 11) is 1.78. The topological polar surface area (TPSA) is 77.5 Å². The van der Waals surface area contributed by atoms with Gasteiger partial charge >= 0.3 is 6.03 Å². The Balaban J connectivity index is 1.68. The van der Waals surface area contributed by atoms with Gasteiger partial charge < -0.3 is 15.0 Å². The molecule has 0 saturated heterocycles. The van der Waals surface area contributed by atoms with Crippen LogP contribution in [0.2, 0.25) is 0 Å². The van der Waals surface area contributed by atoms with E-state index in [0.717, 1.165) is 28.8 Å². The average molecular weight is 368 g/mol. The van der Waals surface area contributed by atoms with Gasteiger partial charge in [-0.15, -0.1) is 0 Å². The summed E-state index contributed by atoms with van der Waals surface area (Å²) < 4.78 is 5.64. The van der Waals surface area contributed by atoms with Gasteiger partial charge in [-0.3, -0.25) is 10.7 Å². The van der Waals surface area contributed by atoms with Crippen molar-refractivity contribution in [3.63, 3.8) is 0 Å². The largest absolute Gasteiger partial charge is 0.377 e. The molecule has 0 aliphatic heterocycles. The molecule has 0 saturated carbocycles. The Hall–Kier alpha value is -2.86. The molecular formula is C21H28N4O2. The molecule has 0 spiro atoms. The highest BCUT2D eigenvalue weighted by atomic mass is 16.5. The summed E-state index contributed by atoms with van der Waals surface area (Å²) in [5.74, 6) is 0.0572. The Labute approximate surface area is 161 Å². The van der Waals surface area contributed by atoms with Crippen LogP contribution in [0, 0.1) is 19.3 Å². The lowest BCUT2D eigenvalue weighted by Crippen LogP contribution is -2.44. The number of para-hydroxylation sites is 1. The lowest BCUT2D eigenvalue weighted by atomic mass is 10.1. The van der Waals surface area contributed by atoms with Crippen molar-refractivity contribution in [2.45, 2.75) is 26.9 Å². The number of urea groups is 1. The van der Waals surface area contributed by atoms with Gasteiger partial charge in [0.25, 0.3) is 0 Å². The first-order valence-electron chi connectivity index (χ1n) is 9.03. The lowest BCUT2D eigenvalue weighted by molar-refractivity contribution is 0.115. The van der Waals surface area contributed by atoms with E-state index < -0.39 is 6.03 Å². The van der Waals surface area contributed by atoms with E-state index in [1.165, 1.54) is 0 Å².